The van der Waals surface area contributed by atoms with Crippen LogP contribution >= 0.6 is 23.4 Å². The van der Waals surface area contributed by atoms with E-state index in [0.29, 0.717) is 18.1 Å². The van der Waals surface area contributed by atoms with E-state index in [1.165, 1.54) is 0 Å². The summed E-state index contributed by atoms with van der Waals surface area (Å²) in [6.07, 6.45) is 2.43. The van der Waals surface area contributed by atoms with Crippen LogP contribution in [0.4, 0.5) is 0 Å². The highest BCUT2D eigenvalue weighted by Crippen LogP contribution is 2.30. The number of halogens is 1. The van der Waals surface area contributed by atoms with Crippen LogP contribution in [-0.2, 0) is 0 Å². The molecule has 0 fully saturated rings. The highest BCUT2D eigenvalue weighted by atomic mass is 35.5. The van der Waals surface area contributed by atoms with Crippen molar-refractivity contribution < 1.29 is 4.74 Å². The Kier molecular flexibility index (Phi) is 7.35. The molecular formula is C21H21ClN4OS. The number of ether oxygens (including phenoxy) is 1. The lowest BCUT2D eigenvalue weighted by Gasteiger charge is -2.11. The molecule has 3 aromatic rings. The van der Waals surface area contributed by atoms with Gasteiger partial charge in [0.25, 0.3) is 0 Å². The SMILES string of the molecule is CCOc1ccc(-n2c(SCCCCC#N)nnc2-c2cccc(Cl)c2)cc1. The van der Waals surface area contributed by atoms with Crippen LogP contribution in [0, 0.1) is 11.3 Å². The molecule has 0 aliphatic rings. The molecule has 0 radical (unpaired) electrons. The van der Waals surface area contributed by atoms with Gasteiger partial charge in [0.1, 0.15) is 5.75 Å². The zero-order valence-electron chi connectivity index (χ0n) is 15.6. The summed E-state index contributed by atoms with van der Waals surface area (Å²) in [6, 6.07) is 17.7. The lowest BCUT2D eigenvalue weighted by molar-refractivity contribution is 0.340. The van der Waals surface area contributed by atoms with Gasteiger partial charge in [-0.15, -0.1) is 10.2 Å². The number of nitrogens with zero attached hydrogens (tertiary/aromatic N) is 4. The van der Waals surface area contributed by atoms with Crippen LogP contribution in [0.25, 0.3) is 17.1 Å². The second kappa shape index (κ2) is 10.2. The van der Waals surface area contributed by atoms with Crippen molar-refractivity contribution in [2.24, 2.45) is 0 Å². The Bertz CT molecular complexity index is 950. The summed E-state index contributed by atoms with van der Waals surface area (Å²) < 4.78 is 7.59. The number of aromatic nitrogens is 3. The molecule has 0 bridgehead atoms. The molecule has 2 aromatic carbocycles. The largest absolute Gasteiger partial charge is 0.494 e. The number of unbranched alkanes of at least 4 members (excludes halogenated alkanes) is 2. The molecule has 0 spiro atoms. The van der Waals surface area contributed by atoms with Gasteiger partial charge in [-0.3, -0.25) is 4.57 Å². The van der Waals surface area contributed by atoms with Gasteiger partial charge in [-0.25, -0.2) is 0 Å². The van der Waals surface area contributed by atoms with E-state index in [-0.39, 0.29) is 0 Å². The van der Waals surface area contributed by atoms with Gasteiger partial charge < -0.3 is 4.74 Å². The average Bonchev–Trinajstić information content (AvgIpc) is 3.13. The van der Waals surface area contributed by atoms with Gasteiger partial charge in [0.15, 0.2) is 11.0 Å². The van der Waals surface area contributed by atoms with E-state index in [4.69, 9.17) is 21.6 Å². The van der Waals surface area contributed by atoms with Crippen molar-refractivity contribution in [2.75, 3.05) is 12.4 Å². The van der Waals surface area contributed by atoms with Crippen molar-refractivity contribution in [3.8, 4) is 28.9 Å². The zero-order chi connectivity index (χ0) is 19.8. The van der Waals surface area contributed by atoms with E-state index in [1.54, 1.807) is 11.8 Å². The van der Waals surface area contributed by atoms with E-state index in [1.807, 2.05) is 60.0 Å². The number of thioether (sulfide) groups is 1. The summed E-state index contributed by atoms with van der Waals surface area (Å²) in [7, 11) is 0. The number of nitriles is 1. The summed E-state index contributed by atoms with van der Waals surface area (Å²) in [4.78, 5) is 0. The Labute approximate surface area is 174 Å². The molecule has 28 heavy (non-hydrogen) atoms. The second-order valence-corrected chi connectivity index (χ2v) is 7.54. The Morgan fingerprint density at radius 1 is 1.14 bits per heavy atom. The standard InChI is InChI=1S/C21H21ClN4OS/c1-2-27-19-11-9-18(10-12-19)26-20(16-7-6-8-17(22)15-16)24-25-21(26)28-14-5-3-4-13-23/h6-12,15H,2-5,14H2,1H3. The van der Waals surface area contributed by atoms with Crippen molar-refractivity contribution >= 4 is 23.4 Å². The van der Waals surface area contributed by atoms with Gasteiger partial charge in [0, 0.05) is 28.4 Å². The summed E-state index contributed by atoms with van der Waals surface area (Å²) in [5.41, 5.74) is 1.87. The van der Waals surface area contributed by atoms with E-state index in [0.717, 1.165) is 46.6 Å². The summed E-state index contributed by atoms with van der Waals surface area (Å²) in [5, 5.41) is 19.0. The molecule has 0 amide bonds. The van der Waals surface area contributed by atoms with Crippen molar-refractivity contribution in [3.63, 3.8) is 0 Å². The normalized spacial score (nSPS) is 10.6. The van der Waals surface area contributed by atoms with Crippen LogP contribution in [-0.4, -0.2) is 27.1 Å². The monoisotopic (exact) mass is 412 g/mol. The fraction of sp³-hybridized carbons (Fsp3) is 0.286. The molecule has 144 valence electrons. The second-order valence-electron chi connectivity index (χ2n) is 6.04. The maximum absolute atomic E-state index is 8.68. The molecule has 0 saturated heterocycles. The molecule has 0 unspecified atom stereocenters. The smallest absolute Gasteiger partial charge is 0.196 e. The molecule has 3 rings (SSSR count). The maximum Gasteiger partial charge on any atom is 0.196 e. The third-order valence-corrected chi connectivity index (χ3v) is 5.29. The Morgan fingerprint density at radius 3 is 2.68 bits per heavy atom. The van der Waals surface area contributed by atoms with Crippen LogP contribution in [0.2, 0.25) is 5.02 Å². The zero-order valence-corrected chi connectivity index (χ0v) is 17.2. The number of hydrogen-bond acceptors (Lipinski definition) is 5. The minimum Gasteiger partial charge on any atom is -0.494 e. The summed E-state index contributed by atoms with van der Waals surface area (Å²) >= 11 is 7.82. The van der Waals surface area contributed by atoms with Crippen molar-refractivity contribution in [2.45, 2.75) is 31.3 Å². The van der Waals surface area contributed by atoms with E-state index in [2.05, 4.69) is 16.3 Å². The Balaban J connectivity index is 1.93. The van der Waals surface area contributed by atoms with Gasteiger partial charge >= 0.3 is 0 Å². The van der Waals surface area contributed by atoms with Gasteiger partial charge in [0.2, 0.25) is 0 Å². The number of benzene rings is 2. The molecule has 1 aromatic heterocycles. The molecule has 0 N–H and O–H groups in total. The Morgan fingerprint density at radius 2 is 1.96 bits per heavy atom. The lowest BCUT2D eigenvalue weighted by Crippen LogP contribution is -2.00. The number of rotatable bonds is 9. The minimum atomic E-state index is 0.583. The van der Waals surface area contributed by atoms with Gasteiger partial charge in [-0.2, -0.15) is 5.26 Å². The topological polar surface area (TPSA) is 63.7 Å². The molecular weight excluding hydrogens is 392 g/mol. The maximum atomic E-state index is 8.68. The molecule has 7 heteroatoms. The van der Waals surface area contributed by atoms with Gasteiger partial charge in [0.05, 0.1) is 12.7 Å². The first-order valence-electron chi connectivity index (χ1n) is 9.17. The quantitative estimate of drug-likeness (QED) is 0.329. The predicted octanol–water partition coefficient (Wildman–Crippen LogP) is 5.77. The fourth-order valence-electron chi connectivity index (χ4n) is 2.74. The first kappa shape index (κ1) is 20.2. The minimum absolute atomic E-state index is 0.583. The van der Waals surface area contributed by atoms with Crippen LogP contribution in [0.15, 0.2) is 53.7 Å². The van der Waals surface area contributed by atoms with Crippen LogP contribution in [0.1, 0.15) is 26.2 Å². The third-order valence-electron chi connectivity index (χ3n) is 4.04. The van der Waals surface area contributed by atoms with E-state index in [9.17, 15) is 0 Å². The first-order chi connectivity index (χ1) is 13.7. The highest BCUT2D eigenvalue weighted by molar-refractivity contribution is 7.99. The van der Waals surface area contributed by atoms with Gasteiger partial charge in [-0.1, -0.05) is 35.5 Å². The lowest BCUT2D eigenvalue weighted by atomic mass is 10.2. The summed E-state index contributed by atoms with van der Waals surface area (Å²) in [5.74, 6) is 2.45. The Hall–Kier alpha value is -2.49. The predicted molar refractivity (Wildman–Crippen MR) is 113 cm³/mol. The van der Waals surface area contributed by atoms with E-state index < -0.39 is 0 Å². The molecule has 0 saturated carbocycles. The molecule has 1 heterocycles. The van der Waals surface area contributed by atoms with Crippen molar-refractivity contribution in [3.05, 3.63) is 53.6 Å². The molecule has 0 aliphatic heterocycles. The number of hydrogen-bond donors (Lipinski definition) is 0. The molecule has 0 aliphatic carbocycles. The first-order valence-corrected chi connectivity index (χ1v) is 10.5. The highest BCUT2D eigenvalue weighted by Gasteiger charge is 2.16. The van der Waals surface area contributed by atoms with Crippen LogP contribution < -0.4 is 4.74 Å². The molecule has 0 atom stereocenters. The van der Waals surface area contributed by atoms with Crippen LogP contribution in [0.3, 0.4) is 0 Å². The van der Waals surface area contributed by atoms with Gasteiger partial charge in [-0.05, 0) is 56.2 Å². The van der Waals surface area contributed by atoms with Crippen molar-refractivity contribution in [1.29, 1.82) is 5.26 Å². The molecule has 5 nitrogen and oxygen atoms in total. The third kappa shape index (κ3) is 5.06. The van der Waals surface area contributed by atoms with Crippen LogP contribution in [0.5, 0.6) is 5.75 Å². The average molecular weight is 413 g/mol. The van der Waals surface area contributed by atoms with Crippen molar-refractivity contribution in [1.82, 2.24) is 14.8 Å². The summed E-state index contributed by atoms with van der Waals surface area (Å²) in [6.45, 7) is 2.59. The van der Waals surface area contributed by atoms with E-state index >= 15 is 0 Å². The fourth-order valence-corrected chi connectivity index (χ4v) is 3.88.